The van der Waals surface area contributed by atoms with Gasteiger partial charge < -0.3 is 10.1 Å². The number of rotatable bonds is 7. The van der Waals surface area contributed by atoms with Crippen LogP contribution in [0.5, 0.6) is 5.75 Å². The van der Waals surface area contributed by atoms with E-state index in [2.05, 4.69) is 36.2 Å². The molecule has 0 amide bonds. The lowest BCUT2D eigenvalue weighted by Crippen LogP contribution is -2.27. The zero-order valence-corrected chi connectivity index (χ0v) is 13.2. The zero-order valence-electron chi connectivity index (χ0n) is 13.2. The van der Waals surface area contributed by atoms with Crippen molar-refractivity contribution >= 4 is 0 Å². The first kappa shape index (κ1) is 15.5. The molecular formula is C16H24N4O. The van der Waals surface area contributed by atoms with E-state index in [-0.39, 0.29) is 12.1 Å². The number of nitrogens with zero attached hydrogens (tertiary/aromatic N) is 3. The summed E-state index contributed by atoms with van der Waals surface area (Å²) in [6.07, 6.45) is 4.65. The SMILES string of the molecule is CCCNC(c1ccccn1)c1c(OC)cnn1C(C)C. The largest absolute Gasteiger partial charge is 0.493 e. The third-order valence-electron chi connectivity index (χ3n) is 3.36. The maximum absolute atomic E-state index is 5.51. The van der Waals surface area contributed by atoms with Gasteiger partial charge in [0.1, 0.15) is 5.69 Å². The molecule has 0 aliphatic rings. The number of hydrogen-bond acceptors (Lipinski definition) is 4. The van der Waals surface area contributed by atoms with Crippen molar-refractivity contribution < 1.29 is 4.74 Å². The highest BCUT2D eigenvalue weighted by molar-refractivity contribution is 5.34. The molecule has 0 bridgehead atoms. The number of ether oxygens (including phenoxy) is 1. The molecule has 5 heteroatoms. The highest BCUT2D eigenvalue weighted by atomic mass is 16.5. The normalized spacial score (nSPS) is 12.6. The standard InChI is InChI=1S/C16H24N4O/c1-5-9-18-15(13-8-6-7-10-17-13)16-14(21-4)11-19-20(16)12(2)3/h6-8,10-12,15,18H,5,9H2,1-4H3. The van der Waals surface area contributed by atoms with Crippen LogP contribution in [0.25, 0.3) is 0 Å². The van der Waals surface area contributed by atoms with Crippen molar-refractivity contribution in [2.45, 2.75) is 39.3 Å². The molecule has 1 N–H and O–H groups in total. The first-order valence-corrected chi connectivity index (χ1v) is 7.44. The first-order chi connectivity index (χ1) is 10.2. The molecule has 0 saturated heterocycles. The van der Waals surface area contributed by atoms with Crippen LogP contribution in [0.2, 0.25) is 0 Å². The van der Waals surface area contributed by atoms with Crippen LogP contribution >= 0.6 is 0 Å². The average molecular weight is 288 g/mol. The lowest BCUT2D eigenvalue weighted by Gasteiger charge is -2.22. The minimum atomic E-state index is -0.0222. The molecule has 1 atom stereocenters. The lowest BCUT2D eigenvalue weighted by atomic mass is 10.1. The Bertz CT molecular complexity index is 551. The van der Waals surface area contributed by atoms with Gasteiger partial charge in [0.2, 0.25) is 0 Å². The van der Waals surface area contributed by atoms with Crippen LogP contribution in [0.15, 0.2) is 30.6 Å². The van der Waals surface area contributed by atoms with E-state index in [0.29, 0.717) is 0 Å². The van der Waals surface area contributed by atoms with E-state index in [4.69, 9.17) is 4.74 Å². The molecule has 0 aliphatic carbocycles. The topological polar surface area (TPSA) is 52.0 Å². The molecule has 21 heavy (non-hydrogen) atoms. The van der Waals surface area contributed by atoms with Gasteiger partial charge in [-0.2, -0.15) is 5.10 Å². The van der Waals surface area contributed by atoms with Gasteiger partial charge in [-0.05, 0) is 38.9 Å². The molecule has 0 saturated carbocycles. The molecule has 114 valence electrons. The summed E-state index contributed by atoms with van der Waals surface area (Å²) in [5.74, 6) is 0.794. The fraction of sp³-hybridized carbons (Fsp3) is 0.500. The van der Waals surface area contributed by atoms with Gasteiger partial charge in [-0.3, -0.25) is 9.67 Å². The summed E-state index contributed by atoms with van der Waals surface area (Å²) in [4.78, 5) is 4.50. The molecule has 0 aliphatic heterocycles. The summed E-state index contributed by atoms with van der Waals surface area (Å²) in [6, 6.07) is 6.21. The Kier molecular flexibility index (Phi) is 5.33. The fourth-order valence-corrected chi connectivity index (χ4v) is 2.38. The van der Waals surface area contributed by atoms with Gasteiger partial charge in [-0.1, -0.05) is 13.0 Å². The van der Waals surface area contributed by atoms with Gasteiger partial charge in [0.25, 0.3) is 0 Å². The molecule has 0 aromatic carbocycles. The minimum absolute atomic E-state index is 0.0222. The van der Waals surface area contributed by atoms with E-state index in [9.17, 15) is 0 Å². The second-order valence-electron chi connectivity index (χ2n) is 5.28. The molecule has 0 fully saturated rings. The average Bonchev–Trinajstić information content (AvgIpc) is 2.93. The van der Waals surface area contributed by atoms with Crippen molar-refractivity contribution in [2.24, 2.45) is 0 Å². The summed E-state index contributed by atoms with van der Waals surface area (Å²) in [5, 5.41) is 8.02. The summed E-state index contributed by atoms with van der Waals surface area (Å²) in [5.41, 5.74) is 2.01. The molecule has 2 aromatic rings. The van der Waals surface area contributed by atoms with Crippen LogP contribution in [0.4, 0.5) is 0 Å². The molecule has 2 aromatic heterocycles. The molecule has 0 radical (unpaired) electrons. The summed E-state index contributed by atoms with van der Waals surface area (Å²) in [6.45, 7) is 7.30. The van der Waals surface area contributed by atoms with Crippen molar-refractivity contribution in [3.63, 3.8) is 0 Å². The van der Waals surface area contributed by atoms with Crippen LogP contribution < -0.4 is 10.1 Å². The number of nitrogens with one attached hydrogen (secondary N) is 1. The smallest absolute Gasteiger partial charge is 0.162 e. The van der Waals surface area contributed by atoms with Crippen LogP contribution in [0, 0.1) is 0 Å². The number of hydrogen-bond donors (Lipinski definition) is 1. The third-order valence-corrected chi connectivity index (χ3v) is 3.36. The van der Waals surface area contributed by atoms with Crippen LogP contribution in [0.3, 0.4) is 0 Å². The molecule has 0 spiro atoms. The van der Waals surface area contributed by atoms with Gasteiger partial charge in [0.05, 0.1) is 25.0 Å². The second-order valence-corrected chi connectivity index (χ2v) is 5.28. The van der Waals surface area contributed by atoms with Crippen molar-refractivity contribution in [3.05, 3.63) is 42.0 Å². The van der Waals surface area contributed by atoms with Crippen molar-refractivity contribution in [3.8, 4) is 5.75 Å². The van der Waals surface area contributed by atoms with E-state index < -0.39 is 0 Å². The Morgan fingerprint density at radius 2 is 2.14 bits per heavy atom. The second kappa shape index (κ2) is 7.22. The van der Waals surface area contributed by atoms with Gasteiger partial charge in [0, 0.05) is 12.2 Å². The predicted octanol–water partition coefficient (Wildman–Crippen LogP) is 2.96. The van der Waals surface area contributed by atoms with Crippen LogP contribution in [0.1, 0.15) is 50.7 Å². The van der Waals surface area contributed by atoms with Crippen molar-refractivity contribution in [1.82, 2.24) is 20.1 Å². The Morgan fingerprint density at radius 3 is 2.71 bits per heavy atom. The molecule has 2 rings (SSSR count). The lowest BCUT2D eigenvalue weighted by molar-refractivity contribution is 0.392. The number of methoxy groups -OCH3 is 1. The Balaban J connectivity index is 2.48. The fourth-order valence-electron chi connectivity index (χ4n) is 2.38. The third kappa shape index (κ3) is 3.42. The first-order valence-electron chi connectivity index (χ1n) is 7.44. The van der Waals surface area contributed by atoms with Crippen LogP contribution in [-0.2, 0) is 0 Å². The predicted molar refractivity (Wildman–Crippen MR) is 83.5 cm³/mol. The Morgan fingerprint density at radius 1 is 1.33 bits per heavy atom. The summed E-state index contributed by atoms with van der Waals surface area (Å²) >= 11 is 0. The summed E-state index contributed by atoms with van der Waals surface area (Å²) < 4.78 is 7.51. The molecule has 2 heterocycles. The number of aromatic nitrogens is 3. The quantitative estimate of drug-likeness (QED) is 0.851. The van der Waals surface area contributed by atoms with Gasteiger partial charge in [-0.25, -0.2) is 0 Å². The molecule has 5 nitrogen and oxygen atoms in total. The maximum Gasteiger partial charge on any atom is 0.162 e. The van der Waals surface area contributed by atoms with Gasteiger partial charge in [0.15, 0.2) is 5.75 Å². The number of pyridine rings is 1. The van der Waals surface area contributed by atoms with E-state index >= 15 is 0 Å². The van der Waals surface area contributed by atoms with Crippen molar-refractivity contribution in [2.75, 3.05) is 13.7 Å². The molecular weight excluding hydrogens is 264 g/mol. The Labute approximate surface area is 126 Å². The van der Waals surface area contributed by atoms with Crippen molar-refractivity contribution in [1.29, 1.82) is 0 Å². The van der Waals surface area contributed by atoms with Gasteiger partial charge in [-0.15, -0.1) is 0 Å². The Hall–Kier alpha value is -1.88. The van der Waals surface area contributed by atoms with E-state index in [1.165, 1.54) is 0 Å². The van der Waals surface area contributed by atoms with E-state index in [1.807, 2.05) is 29.1 Å². The van der Waals surface area contributed by atoms with E-state index in [0.717, 1.165) is 30.1 Å². The van der Waals surface area contributed by atoms with Gasteiger partial charge >= 0.3 is 0 Å². The maximum atomic E-state index is 5.51. The molecule has 1 unspecified atom stereocenters. The van der Waals surface area contributed by atoms with Crippen LogP contribution in [-0.4, -0.2) is 28.4 Å². The highest BCUT2D eigenvalue weighted by Crippen LogP contribution is 2.31. The monoisotopic (exact) mass is 288 g/mol. The highest BCUT2D eigenvalue weighted by Gasteiger charge is 2.25. The summed E-state index contributed by atoms with van der Waals surface area (Å²) in [7, 11) is 1.68. The van der Waals surface area contributed by atoms with E-state index in [1.54, 1.807) is 13.3 Å². The minimum Gasteiger partial charge on any atom is -0.493 e. The zero-order chi connectivity index (χ0) is 15.2.